The van der Waals surface area contributed by atoms with Crippen LogP contribution in [0.5, 0.6) is 0 Å². The van der Waals surface area contributed by atoms with E-state index in [0.29, 0.717) is 10.8 Å². The van der Waals surface area contributed by atoms with Gasteiger partial charge in [-0.05, 0) is 67.2 Å². The molecule has 2 bridgehead atoms. The lowest BCUT2D eigenvalue weighted by molar-refractivity contribution is 0.105. The number of rotatable bonds is 3. The average Bonchev–Trinajstić information content (AvgIpc) is 2.89. The van der Waals surface area contributed by atoms with E-state index in [-0.39, 0.29) is 0 Å². The van der Waals surface area contributed by atoms with Crippen LogP contribution in [-0.4, -0.2) is 12.6 Å². The molecule has 3 fully saturated rings. The zero-order valence-electron chi connectivity index (χ0n) is 12.8. The van der Waals surface area contributed by atoms with Crippen LogP contribution in [0.15, 0.2) is 0 Å². The third-order valence-electron chi connectivity index (χ3n) is 6.68. The van der Waals surface area contributed by atoms with Gasteiger partial charge in [0.1, 0.15) is 0 Å². The molecule has 3 rings (SSSR count). The summed E-state index contributed by atoms with van der Waals surface area (Å²) in [6.07, 6.45) is 8.78. The van der Waals surface area contributed by atoms with Crippen LogP contribution in [0, 0.1) is 28.6 Å². The Bertz CT molecular complexity index is 317. The van der Waals surface area contributed by atoms with Crippen molar-refractivity contribution in [3.8, 4) is 0 Å². The van der Waals surface area contributed by atoms with Crippen LogP contribution in [0.1, 0.15) is 66.2 Å². The molecule has 18 heavy (non-hydrogen) atoms. The molecule has 0 heterocycles. The lowest BCUT2D eigenvalue weighted by Gasteiger charge is -2.43. The van der Waals surface area contributed by atoms with Crippen LogP contribution in [-0.2, 0) is 0 Å². The Labute approximate surface area is 113 Å². The highest BCUT2D eigenvalue weighted by atomic mass is 15.0. The quantitative estimate of drug-likeness (QED) is 0.789. The molecule has 0 aromatic rings. The molecule has 0 aromatic carbocycles. The summed E-state index contributed by atoms with van der Waals surface area (Å²) < 4.78 is 0. The third-order valence-corrected chi connectivity index (χ3v) is 6.68. The zero-order valence-corrected chi connectivity index (χ0v) is 12.8. The fourth-order valence-electron chi connectivity index (χ4n) is 5.61. The summed E-state index contributed by atoms with van der Waals surface area (Å²) in [4.78, 5) is 0. The second-order valence-electron chi connectivity index (χ2n) is 8.54. The van der Waals surface area contributed by atoms with Gasteiger partial charge in [0.15, 0.2) is 0 Å². The zero-order chi connectivity index (χ0) is 13.0. The molecule has 3 aliphatic rings. The van der Waals surface area contributed by atoms with Gasteiger partial charge in [0, 0.05) is 6.04 Å². The molecule has 0 aliphatic heterocycles. The molecule has 0 radical (unpaired) electrons. The Balaban J connectivity index is 1.62. The molecule has 1 nitrogen and oxygen atoms in total. The molecule has 3 aliphatic carbocycles. The standard InChI is InChI=1S/C17H31N/c1-12-5-6-13(9-12)11-18-15-16(2,3)14-7-8-17(15,4)10-14/h12-15,18H,5-11H2,1-4H3/t12?,13?,14-,15?,17+/m0/s1. The maximum Gasteiger partial charge on any atom is 0.0175 e. The first-order chi connectivity index (χ1) is 8.42. The molecule has 5 atom stereocenters. The van der Waals surface area contributed by atoms with Crippen molar-refractivity contribution in [3.05, 3.63) is 0 Å². The van der Waals surface area contributed by atoms with Crippen LogP contribution in [0.3, 0.4) is 0 Å². The Morgan fingerprint density at radius 1 is 1.11 bits per heavy atom. The maximum absolute atomic E-state index is 4.01. The fourth-order valence-corrected chi connectivity index (χ4v) is 5.61. The molecular formula is C17H31N. The second kappa shape index (κ2) is 4.23. The predicted molar refractivity (Wildman–Crippen MR) is 77.5 cm³/mol. The van der Waals surface area contributed by atoms with Crippen molar-refractivity contribution >= 4 is 0 Å². The monoisotopic (exact) mass is 249 g/mol. The summed E-state index contributed by atoms with van der Waals surface area (Å²) >= 11 is 0. The fraction of sp³-hybridized carbons (Fsp3) is 1.00. The van der Waals surface area contributed by atoms with Gasteiger partial charge in [0.25, 0.3) is 0 Å². The summed E-state index contributed by atoms with van der Waals surface area (Å²) in [5.74, 6) is 2.90. The first-order valence-electron chi connectivity index (χ1n) is 8.15. The Kier molecular flexibility index (Phi) is 3.05. The van der Waals surface area contributed by atoms with Crippen LogP contribution in [0.25, 0.3) is 0 Å². The van der Waals surface area contributed by atoms with Gasteiger partial charge in [-0.15, -0.1) is 0 Å². The van der Waals surface area contributed by atoms with E-state index in [9.17, 15) is 0 Å². The van der Waals surface area contributed by atoms with Crippen molar-refractivity contribution in [2.45, 2.75) is 72.3 Å². The van der Waals surface area contributed by atoms with E-state index in [1.165, 1.54) is 45.1 Å². The van der Waals surface area contributed by atoms with Gasteiger partial charge in [-0.2, -0.15) is 0 Å². The minimum atomic E-state index is 0.525. The van der Waals surface area contributed by atoms with Gasteiger partial charge < -0.3 is 5.32 Å². The molecule has 3 unspecified atom stereocenters. The molecule has 1 N–H and O–H groups in total. The highest BCUT2D eigenvalue weighted by molar-refractivity contribution is 5.12. The minimum absolute atomic E-state index is 0.525. The highest BCUT2D eigenvalue weighted by Crippen LogP contribution is 2.62. The second-order valence-corrected chi connectivity index (χ2v) is 8.54. The van der Waals surface area contributed by atoms with E-state index >= 15 is 0 Å². The predicted octanol–water partition coefficient (Wildman–Crippen LogP) is 4.23. The van der Waals surface area contributed by atoms with E-state index < -0.39 is 0 Å². The van der Waals surface area contributed by atoms with E-state index in [1.807, 2.05) is 0 Å². The van der Waals surface area contributed by atoms with Crippen LogP contribution in [0.4, 0.5) is 0 Å². The van der Waals surface area contributed by atoms with Crippen molar-refractivity contribution in [1.29, 1.82) is 0 Å². The molecule has 0 aromatic heterocycles. The van der Waals surface area contributed by atoms with Gasteiger partial charge >= 0.3 is 0 Å². The van der Waals surface area contributed by atoms with Crippen LogP contribution < -0.4 is 5.32 Å². The molecule has 0 amide bonds. The molecule has 0 spiro atoms. The third kappa shape index (κ3) is 1.94. The van der Waals surface area contributed by atoms with Crippen molar-refractivity contribution in [1.82, 2.24) is 5.32 Å². The number of hydrogen-bond donors (Lipinski definition) is 1. The Hall–Kier alpha value is -0.0400. The van der Waals surface area contributed by atoms with Gasteiger partial charge in [0.05, 0.1) is 0 Å². The summed E-state index contributed by atoms with van der Waals surface area (Å²) in [6.45, 7) is 11.3. The summed E-state index contributed by atoms with van der Waals surface area (Å²) in [7, 11) is 0. The van der Waals surface area contributed by atoms with Crippen LogP contribution in [0.2, 0.25) is 0 Å². The van der Waals surface area contributed by atoms with E-state index in [1.54, 1.807) is 0 Å². The SMILES string of the molecule is CC1CCC(CNC2C(C)(C)[C@H]3CC[C@]2(C)C3)C1. The lowest BCUT2D eigenvalue weighted by atomic mass is 9.68. The smallest absolute Gasteiger partial charge is 0.0175 e. The summed E-state index contributed by atoms with van der Waals surface area (Å²) in [5.41, 5.74) is 1.12. The van der Waals surface area contributed by atoms with E-state index in [2.05, 4.69) is 33.0 Å². The number of hydrogen-bond acceptors (Lipinski definition) is 1. The summed E-state index contributed by atoms with van der Waals surface area (Å²) in [5, 5.41) is 4.01. The number of nitrogens with one attached hydrogen (secondary N) is 1. The van der Waals surface area contributed by atoms with E-state index in [0.717, 1.165) is 23.8 Å². The first-order valence-corrected chi connectivity index (χ1v) is 8.15. The highest BCUT2D eigenvalue weighted by Gasteiger charge is 2.58. The van der Waals surface area contributed by atoms with Crippen molar-refractivity contribution in [3.63, 3.8) is 0 Å². The molecule has 104 valence electrons. The van der Waals surface area contributed by atoms with Gasteiger partial charge in [-0.25, -0.2) is 0 Å². The molecule has 0 saturated heterocycles. The van der Waals surface area contributed by atoms with Gasteiger partial charge in [-0.1, -0.05) is 34.1 Å². The van der Waals surface area contributed by atoms with Gasteiger partial charge in [0.2, 0.25) is 0 Å². The Morgan fingerprint density at radius 2 is 1.89 bits per heavy atom. The van der Waals surface area contributed by atoms with Crippen LogP contribution >= 0.6 is 0 Å². The minimum Gasteiger partial charge on any atom is -0.313 e. The maximum atomic E-state index is 4.01. The molecule has 3 saturated carbocycles. The topological polar surface area (TPSA) is 12.0 Å². The molecule has 1 heteroatoms. The van der Waals surface area contributed by atoms with E-state index in [4.69, 9.17) is 0 Å². The van der Waals surface area contributed by atoms with Crippen molar-refractivity contribution in [2.75, 3.05) is 6.54 Å². The lowest BCUT2D eigenvalue weighted by Crippen LogP contribution is -2.51. The normalized spacial score (nSPS) is 50.0. The summed E-state index contributed by atoms with van der Waals surface area (Å²) in [6, 6.07) is 0.764. The largest absolute Gasteiger partial charge is 0.313 e. The van der Waals surface area contributed by atoms with Crippen molar-refractivity contribution in [2.24, 2.45) is 28.6 Å². The molecular weight excluding hydrogens is 218 g/mol. The first kappa shape index (κ1) is 13.0. The van der Waals surface area contributed by atoms with Crippen molar-refractivity contribution < 1.29 is 0 Å². The Morgan fingerprint density at radius 3 is 2.44 bits per heavy atom. The number of fused-ring (bicyclic) bond motifs is 2. The van der Waals surface area contributed by atoms with Gasteiger partial charge in [-0.3, -0.25) is 0 Å². The average molecular weight is 249 g/mol.